The zero-order valence-electron chi connectivity index (χ0n) is 11.1. The van der Waals surface area contributed by atoms with Crippen molar-refractivity contribution in [1.82, 2.24) is 4.90 Å². The van der Waals surface area contributed by atoms with Crippen molar-refractivity contribution in [1.29, 1.82) is 0 Å². The van der Waals surface area contributed by atoms with Crippen molar-refractivity contribution in [3.05, 3.63) is 34.9 Å². The molecule has 0 unspecified atom stereocenters. The van der Waals surface area contributed by atoms with Crippen LogP contribution < -0.4 is 5.73 Å². The average Bonchev–Trinajstić information content (AvgIpc) is 2.41. The first kappa shape index (κ1) is 14.2. The van der Waals surface area contributed by atoms with Gasteiger partial charge in [0.05, 0.1) is 0 Å². The molecule has 104 valence electrons. The van der Waals surface area contributed by atoms with Gasteiger partial charge in [0.25, 0.3) is 0 Å². The molecule has 1 aliphatic heterocycles. The Hall–Kier alpha value is -1.26. The van der Waals surface area contributed by atoms with Gasteiger partial charge in [-0.05, 0) is 43.6 Å². The van der Waals surface area contributed by atoms with Crippen molar-refractivity contribution >= 4 is 17.4 Å². The quantitative estimate of drug-likeness (QED) is 0.388. The van der Waals surface area contributed by atoms with Gasteiger partial charge in [-0.25, -0.2) is 0 Å². The van der Waals surface area contributed by atoms with Crippen LogP contribution >= 0.6 is 11.6 Å². The van der Waals surface area contributed by atoms with E-state index in [0.717, 1.165) is 37.5 Å². The maximum Gasteiger partial charge on any atom is 0.145 e. The fraction of sp³-hybridized carbons (Fsp3) is 0.500. The van der Waals surface area contributed by atoms with Crippen LogP contribution in [0.25, 0.3) is 0 Å². The normalized spacial score (nSPS) is 20.4. The molecule has 0 bridgehead atoms. The summed E-state index contributed by atoms with van der Waals surface area (Å²) in [6.07, 6.45) is 1.81. The van der Waals surface area contributed by atoms with E-state index in [0.29, 0.717) is 5.84 Å². The van der Waals surface area contributed by atoms with E-state index in [-0.39, 0.29) is 5.41 Å². The Bertz CT molecular complexity index is 468. The Morgan fingerprint density at radius 2 is 2.16 bits per heavy atom. The summed E-state index contributed by atoms with van der Waals surface area (Å²) < 4.78 is 0. The van der Waals surface area contributed by atoms with Crippen LogP contribution in [0.4, 0.5) is 0 Å². The second-order valence-corrected chi connectivity index (χ2v) is 5.89. The van der Waals surface area contributed by atoms with Gasteiger partial charge in [-0.15, -0.1) is 0 Å². The lowest BCUT2D eigenvalue weighted by Crippen LogP contribution is -2.45. The minimum Gasteiger partial charge on any atom is -0.409 e. The summed E-state index contributed by atoms with van der Waals surface area (Å²) in [5, 5.41) is 12.8. The Kier molecular flexibility index (Phi) is 4.32. The van der Waals surface area contributed by atoms with Gasteiger partial charge in [-0.2, -0.15) is 0 Å². The maximum atomic E-state index is 8.82. The minimum atomic E-state index is -0.181. The highest BCUT2D eigenvalue weighted by atomic mass is 35.5. The van der Waals surface area contributed by atoms with Crippen molar-refractivity contribution in [2.45, 2.75) is 26.3 Å². The topological polar surface area (TPSA) is 61.9 Å². The fourth-order valence-electron chi connectivity index (χ4n) is 2.48. The molecular weight excluding hydrogens is 262 g/mol. The van der Waals surface area contributed by atoms with Gasteiger partial charge < -0.3 is 10.9 Å². The summed E-state index contributed by atoms with van der Waals surface area (Å²) in [5.74, 6) is 0.343. The fourth-order valence-corrected chi connectivity index (χ4v) is 2.69. The summed E-state index contributed by atoms with van der Waals surface area (Å²) in [7, 11) is 0. The molecule has 5 heteroatoms. The predicted octanol–water partition coefficient (Wildman–Crippen LogP) is 2.69. The summed E-state index contributed by atoms with van der Waals surface area (Å²) in [6, 6.07) is 7.95. The van der Waals surface area contributed by atoms with Crippen LogP contribution in [0.1, 0.15) is 25.3 Å². The van der Waals surface area contributed by atoms with Crippen molar-refractivity contribution in [3.8, 4) is 0 Å². The molecule has 0 atom stereocenters. The number of oxime groups is 1. The smallest absolute Gasteiger partial charge is 0.145 e. The van der Waals surface area contributed by atoms with Crippen LogP contribution in [0.15, 0.2) is 29.4 Å². The van der Waals surface area contributed by atoms with Gasteiger partial charge in [0.2, 0.25) is 0 Å². The van der Waals surface area contributed by atoms with Crippen LogP contribution in [-0.2, 0) is 6.54 Å². The molecule has 4 nitrogen and oxygen atoms in total. The molecule has 2 rings (SSSR count). The van der Waals surface area contributed by atoms with E-state index in [4.69, 9.17) is 22.5 Å². The minimum absolute atomic E-state index is 0.181. The lowest BCUT2D eigenvalue weighted by Gasteiger charge is -2.38. The molecule has 1 aromatic rings. The number of hydrogen-bond acceptors (Lipinski definition) is 3. The van der Waals surface area contributed by atoms with Crippen molar-refractivity contribution in [2.24, 2.45) is 16.3 Å². The molecule has 1 fully saturated rings. The highest BCUT2D eigenvalue weighted by Crippen LogP contribution is 2.31. The standard InChI is InChI=1S/C14H20ClN3O/c1-14(13(16)17-19)5-7-18(8-6-14)10-11-3-2-4-12(15)9-11/h2-4,9,19H,5-8,10H2,1H3,(H2,16,17). The molecule has 3 N–H and O–H groups in total. The molecule has 19 heavy (non-hydrogen) atoms. The first-order valence-corrected chi connectivity index (χ1v) is 6.86. The highest BCUT2D eigenvalue weighted by molar-refractivity contribution is 6.30. The number of piperidine rings is 1. The van der Waals surface area contributed by atoms with E-state index in [2.05, 4.69) is 23.0 Å². The number of nitrogens with two attached hydrogens (primary N) is 1. The molecule has 1 saturated heterocycles. The van der Waals surface area contributed by atoms with Gasteiger partial charge >= 0.3 is 0 Å². The third kappa shape index (κ3) is 3.39. The van der Waals surface area contributed by atoms with E-state index in [1.165, 1.54) is 5.56 Å². The second kappa shape index (κ2) is 5.80. The zero-order chi connectivity index (χ0) is 13.9. The molecule has 1 heterocycles. The first-order chi connectivity index (χ1) is 9.03. The summed E-state index contributed by atoms with van der Waals surface area (Å²) in [5.41, 5.74) is 6.81. The summed E-state index contributed by atoms with van der Waals surface area (Å²) in [4.78, 5) is 2.37. The monoisotopic (exact) mass is 281 g/mol. The number of hydrogen-bond donors (Lipinski definition) is 2. The third-order valence-corrected chi connectivity index (χ3v) is 4.22. The summed E-state index contributed by atoms with van der Waals surface area (Å²) >= 11 is 5.99. The van der Waals surface area contributed by atoms with Crippen molar-refractivity contribution in [2.75, 3.05) is 13.1 Å². The molecular formula is C14H20ClN3O. The van der Waals surface area contributed by atoms with Crippen LogP contribution in [0, 0.1) is 5.41 Å². The molecule has 1 aliphatic rings. The van der Waals surface area contributed by atoms with Crippen molar-refractivity contribution in [3.63, 3.8) is 0 Å². The Morgan fingerprint density at radius 1 is 1.47 bits per heavy atom. The van der Waals surface area contributed by atoms with Crippen LogP contribution in [-0.4, -0.2) is 29.0 Å². The van der Waals surface area contributed by atoms with Crippen LogP contribution in [0.5, 0.6) is 0 Å². The molecule has 0 aliphatic carbocycles. The first-order valence-electron chi connectivity index (χ1n) is 6.48. The molecule has 1 aromatic carbocycles. The van der Waals surface area contributed by atoms with Gasteiger partial charge in [0, 0.05) is 17.0 Å². The SMILES string of the molecule is CC1(/C(N)=N/O)CCN(Cc2cccc(Cl)c2)CC1. The number of halogens is 1. The number of likely N-dealkylation sites (tertiary alicyclic amines) is 1. The lowest BCUT2D eigenvalue weighted by molar-refractivity contribution is 0.153. The van der Waals surface area contributed by atoms with Gasteiger partial charge in [0.1, 0.15) is 5.84 Å². The van der Waals surface area contributed by atoms with E-state index >= 15 is 0 Å². The number of rotatable bonds is 3. The predicted molar refractivity (Wildman–Crippen MR) is 77.5 cm³/mol. The van der Waals surface area contributed by atoms with Gasteiger partial charge in [-0.1, -0.05) is 35.8 Å². The summed E-state index contributed by atoms with van der Waals surface area (Å²) in [6.45, 7) is 4.84. The lowest BCUT2D eigenvalue weighted by atomic mass is 9.79. The Morgan fingerprint density at radius 3 is 2.74 bits per heavy atom. The number of nitrogens with zero attached hydrogens (tertiary/aromatic N) is 2. The van der Waals surface area contributed by atoms with E-state index in [1.54, 1.807) is 0 Å². The van der Waals surface area contributed by atoms with Crippen LogP contribution in [0.2, 0.25) is 5.02 Å². The van der Waals surface area contributed by atoms with Crippen LogP contribution in [0.3, 0.4) is 0 Å². The number of amidine groups is 1. The van der Waals surface area contributed by atoms with E-state index in [9.17, 15) is 0 Å². The van der Waals surface area contributed by atoms with E-state index in [1.807, 2.05) is 18.2 Å². The Balaban J connectivity index is 1.94. The zero-order valence-corrected chi connectivity index (χ0v) is 11.9. The third-order valence-electron chi connectivity index (χ3n) is 3.98. The molecule has 0 radical (unpaired) electrons. The molecule has 0 aromatic heterocycles. The van der Waals surface area contributed by atoms with Gasteiger partial charge in [0.15, 0.2) is 0 Å². The van der Waals surface area contributed by atoms with Gasteiger partial charge in [-0.3, -0.25) is 4.90 Å². The molecule has 0 amide bonds. The second-order valence-electron chi connectivity index (χ2n) is 5.45. The maximum absolute atomic E-state index is 8.82. The largest absolute Gasteiger partial charge is 0.409 e. The molecule has 0 saturated carbocycles. The highest BCUT2D eigenvalue weighted by Gasteiger charge is 2.34. The Labute approximate surface area is 118 Å². The van der Waals surface area contributed by atoms with Crippen molar-refractivity contribution < 1.29 is 5.21 Å². The van der Waals surface area contributed by atoms with E-state index < -0.39 is 0 Å². The average molecular weight is 282 g/mol. The number of benzene rings is 1. The molecule has 0 spiro atoms.